The third-order valence-corrected chi connectivity index (χ3v) is 4.37. The van der Waals surface area contributed by atoms with Crippen LogP contribution in [0.15, 0.2) is 24.3 Å². The molecule has 0 aromatic heterocycles. The van der Waals surface area contributed by atoms with Gasteiger partial charge < -0.3 is 15.5 Å². The van der Waals surface area contributed by atoms with E-state index in [-0.39, 0.29) is 5.91 Å². The number of hydrogen-bond acceptors (Lipinski definition) is 3. The molecule has 0 bridgehead atoms. The van der Waals surface area contributed by atoms with Gasteiger partial charge in [-0.15, -0.1) is 0 Å². The second-order valence-electron chi connectivity index (χ2n) is 6.27. The lowest BCUT2D eigenvalue weighted by molar-refractivity contribution is -0.130. The van der Waals surface area contributed by atoms with Crippen LogP contribution >= 0.6 is 0 Å². The maximum atomic E-state index is 12.2. The molecule has 4 nitrogen and oxygen atoms in total. The van der Waals surface area contributed by atoms with Crippen molar-refractivity contribution in [2.45, 2.75) is 25.7 Å². The molecule has 4 heteroatoms. The second-order valence-corrected chi connectivity index (χ2v) is 6.27. The predicted octanol–water partition coefficient (Wildman–Crippen LogP) is 2.00. The number of nitrogen functional groups attached to an aromatic ring is 1. The van der Waals surface area contributed by atoms with E-state index in [1.54, 1.807) is 0 Å². The van der Waals surface area contributed by atoms with Crippen molar-refractivity contribution < 1.29 is 4.79 Å². The molecule has 21 heavy (non-hydrogen) atoms. The molecule has 0 spiro atoms. The Kier molecular flexibility index (Phi) is 5.62. The van der Waals surface area contributed by atoms with Gasteiger partial charge in [-0.2, -0.15) is 0 Å². The molecule has 1 fully saturated rings. The van der Waals surface area contributed by atoms with E-state index in [2.05, 4.69) is 11.9 Å². The van der Waals surface area contributed by atoms with Gasteiger partial charge in [-0.3, -0.25) is 4.79 Å². The first-order valence-electron chi connectivity index (χ1n) is 7.81. The number of carbonyl (C=O) groups excluding carboxylic acids is 1. The highest BCUT2D eigenvalue weighted by atomic mass is 16.2. The van der Waals surface area contributed by atoms with Gasteiger partial charge in [0.1, 0.15) is 0 Å². The highest BCUT2D eigenvalue weighted by Crippen LogP contribution is 2.17. The lowest BCUT2D eigenvalue weighted by atomic mass is 9.96. The first kappa shape index (κ1) is 15.8. The summed E-state index contributed by atoms with van der Waals surface area (Å²) in [5.74, 6) is 0.888. The van der Waals surface area contributed by atoms with Gasteiger partial charge in [0.25, 0.3) is 0 Å². The topological polar surface area (TPSA) is 49.6 Å². The number of aryl methyl sites for hydroxylation is 1. The van der Waals surface area contributed by atoms with Gasteiger partial charge in [0.15, 0.2) is 0 Å². The number of nitrogens with two attached hydrogens (primary N) is 1. The number of benzene rings is 1. The quantitative estimate of drug-likeness (QED) is 0.844. The molecule has 0 saturated carbocycles. The van der Waals surface area contributed by atoms with Gasteiger partial charge >= 0.3 is 0 Å². The fraction of sp³-hybridized carbons (Fsp3) is 0.588. The smallest absolute Gasteiger partial charge is 0.222 e. The van der Waals surface area contributed by atoms with Gasteiger partial charge in [-0.1, -0.05) is 12.1 Å². The normalized spacial score (nSPS) is 16.9. The molecule has 1 saturated heterocycles. The van der Waals surface area contributed by atoms with E-state index in [0.29, 0.717) is 12.3 Å². The summed E-state index contributed by atoms with van der Waals surface area (Å²) in [6.07, 6.45) is 3.72. The Balaban J connectivity index is 1.75. The van der Waals surface area contributed by atoms with E-state index in [1.165, 1.54) is 12.8 Å². The molecule has 116 valence electrons. The maximum absolute atomic E-state index is 12.2. The van der Waals surface area contributed by atoms with Crippen molar-refractivity contribution >= 4 is 11.6 Å². The summed E-state index contributed by atoms with van der Waals surface area (Å²) in [6, 6.07) is 7.79. The zero-order valence-electron chi connectivity index (χ0n) is 13.2. The SMILES string of the molecule is CN1CCC(CN(C)C(=O)CCc2cccc(N)c2)CC1. The Morgan fingerprint density at radius 3 is 2.76 bits per heavy atom. The van der Waals surface area contributed by atoms with Gasteiger partial charge in [0.2, 0.25) is 5.91 Å². The minimum atomic E-state index is 0.233. The largest absolute Gasteiger partial charge is 0.399 e. The molecule has 0 unspecified atom stereocenters. The molecule has 0 radical (unpaired) electrons. The van der Waals surface area contributed by atoms with E-state index in [0.717, 1.165) is 37.3 Å². The third-order valence-electron chi connectivity index (χ3n) is 4.37. The van der Waals surface area contributed by atoms with E-state index >= 15 is 0 Å². The highest BCUT2D eigenvalue weighted by molar-refractivity contribution is 5.76. The number of carbonyl (C=O) groups is 1. The summed E-state index contributed by atoms with van der Waals surface area (Å²) in [7, 11) is 4.09. The molecular formula is C17H27N3O. The summed E-state index contributed by atoms with van der Waals surface area (Å²) in [5.41, 5.74) is 7.66. The van der Waals surface area contributed by atoms with E-state index in [9.17, 15) is 4.79 Å². The number of anilines is 1. The number of rotatable bonds is 5. The molecule has 1 aromatic carbocycles. The monoisotopic (exact) mass is 289 g/mol. The minimum Gasteiger partial charge on any atom is -0.399 e. The van der Waals surface area contributed by atoms with Crippen molar-refractivity contribution in [2.75, 3.05) is 39.5 Å². The number of likely N-dealkylation sites (tertiary alicyclic amines) is 1. The average molecular weight is 289 g/mol. The standard InChI is InChI=1S/C17H27N3O/c1-19-10-8-15(9-11-19)13-20(2)17(21)7-6-14-4-3-5-16(18)12-14/h3-5,12,15H,6-11,13,18H2,1-2H3. The maximum Gasteiger partial charge on any atom is 0.222 e. The number of amides is 1. The molecule has 2 rings (SSSR count). The molecule has 1 aromatic rings. The lowest BCUT2D eigenvalue weighted by Gasteiger charge is -2.31. The Morgan fingerprint density at radius 1 is 1.38 bits per heavy atom. The summed E-state index contributed by atoms with van der Waals surface area (Å²) in [6.45, 7) is 3.19. The van der Waals surface area contributed by atoms with Crippen LogP contribution in [0.3, 0.4) is 0 Å². The Labute approximate surface area is 127 Å². The molecule has 1 heterocycles. The Morgan fingerprint density at radius 2 is 2.10 bits per heavy atom. The van der Waals surface area contributed by atoms with Crippen LogP contribution < -0.4 is 5.73 Å². The molecule has 2 N–H and O–H groups in total. The summed E-state index contributed by atoms with van der Waals surface area (Å²) < 4.78 is 0. The van der Waals surface area contributed by atoms with Gasteiger partial charge in [0, 0.05) is 25.7 Å². The zero-order chi connectivity index (χ0) is 15.2. The molecule has 0 aliphatic carbocycles. The van der Waals surface area contributed by atoms with Crippen molar-refractivity contribution in [3.05, 3.63) is 29.8 Å². The number of nitrogens with zero attached hydrogens (tertiary/aromatic N) is 2. The first-order valence-corrected chi connectivity index (χ1v) is 7.81. The van der Waals surface area contributed by atoms with Gasteiger partial charge in [0.05, 0.1) is 0 Å². The summed E-state index contributed by atoms with van der Waals surface area (Å²) in [5, 5.41) is 0. The molecule has 1 aliphatic heterocycles. The van der Waals surface area contributed by atoms with Crippen LogP contribution in [0.5, 0.6) is 0 Å². The van der Waals surface area contributed by atoms with Crippen LogP contribution in [0.25, 0.3) is 0 Å². The van der Waals surface area contributed by atoms with E-state index < -0.39 is 0 Å². The Bertz CT molecular complexity index is 467. The van der Waals surface area contributed by atoms with Crippen molar-refractivity contribution in [3.8, 4) is 0 Å². The second kappa shape index (κ2) is 7.46. The fourth-order valence-electron chi connectivity index (χ4n) is 2.92. The molecular weight excluding hydrogens is 262 g/mol. The zero-order valence-corrected chi connectivity index (χ0v) is 13.2. The molecule has 0 atom stereocenters. The van der Waals surface area contributed by atoms with Crippen LogP contribution in [0.2, 0.25) is 0 Å². The van der Waals surface area contributed by atoms with Gasteiger partial charge in [-0.25, -0.2) is 0 Å². The fourth-order valence-corrected chi connectivity index (χ4v) is 2.92. The van der Waals surface area contributed by atoms with Crippen LogP contribution in [-0.2, 0) is 11.2 Å². The third kappa shape index (κ3) is 5.05. The predicted molar refractivity (Wildman–Crippen MR) is 87.0 cm³/mol. The summed E-state index contributed by atoms with van der Waals surface area (Å²) >= 11 is 0. The van der Waals surface area contributed by atoms with Crippen molar-refractivity contribution in [2.24, 2.45) is 5.92 Å². The van der Waals surface area contributed by atoms with Gasteiger partial charge in [-0.05, 0) is 63.0 Å². The lowest BCUT2D eigenvalue weighted by Crippen LogP contribution is -2.38. The first-order chi connectivity index (χ1) is 10.0. The number of piperidine rings is 1. The van der Waals surface area contributed by atoms with Crippen LogP contribution in [0, 0.1) is 5.92 Å². The number of hydrogen-bond donors (Lipinski definition) is 1. The molecule has 1 amide bonds. The average Bonchev–Trinajstić information content (AvgIpc) is 2.47. The van der Waals surface area contributed by atoms with Crippen molar-refractivity contribution in [1.29, 1.82) is 0 Å². The van der Waals surface area contributed by atoms with Crippen LogP contribution in [-0.4, -0.2) is 49.4 Å². The minimum absolute atomic E-state index is 0.233. The summed E-state index contributed by atoms with van der Waals surface area (Å²) in [4.78, 5) is 16.5. The van der Waals surface area contributed by atoms with Crippen LogP contribution in [0.1, 0.15) is 24.8 Å². The van der Waals surface area contributed by atoms with Crippen LogP contribution in [0.4, 0.5) is 5.69 Å². The molecule has 1 aliphatic rings. The highest BCUT2D eigenvalue weighted by Gasteiger charge is 2.20. The van der Waals surface area contributed by atoms with E-state index in [4.69, 9.17) is 5.73 Å². The van der Waals surface area contributed by atoms with Crippen molar-refractivity contribution in [1.82, 2.24) is 9.80 Å². The van der Waals surface area contributed by atoms with E-state index in [1.807, 2.05) is 36.2 Å². The van der Waals surface area contributed by atoms with Crippen molar-refractivity contribution in [3.63, 3.8) is 0 Å². The Hall–Kier alpha value is -1.55.